The minimum absolute atomic E-state index is 0.0238. The van der Waals surface area contributed by atoms with Gasteiger partial charge in [0.15, 0.2) is 0 Å². The summed E-state index contributed by atoms with van der Waals surface area (Å²) in [5.41, 5.74) is 0. The summed E-state index contributed by atoms with van der Waals surface area (Å²) in [5, 5.41) is 3.01. The normalized spacial score (nSPS) is 14.7. The lowest BCUT2D eigenvalue weighted by Gasteiger charge is -2.27. The molecule has 0 heterocycles. The van der Waals surface area contributed by atoms with E-state index in [1.807, 2.05) is 39.4 Å². The van der Waals surface area contributed by atoms with Gasteiger partial charge >= 0.3 is 13.8 Å². The molecule has 0 spiro atoms. The van der Waals surface area contributed by atoms with Gasteiger partial charge in [-0.2, -0.15) is 0 Å². The number of ether oxygens (including phenoxy) is 1. The largest absolute Gasteiger partial charge is 0.472 e. The molecule has 69 heavy (non-hydrogen) atoms. The maximum Gasteiger partial charge on any atom is 0.472 e. The second-order valence-electron chi connectivity index (χ2n) is 19.0. The number of rotatable bonds is 47. The van der Waals surface area contributed by atoms with E-state index in [0.29, 0.717) is 23.9 Å². The molecule has 0 rings (SSSR count). The zero-order valence-corrected chi connectivity index (χ0v) is 45.7. The fourth-order valence-electron chi connectivity index (χ4n) is 7.08. The lowest BCUT2D eigenvalue weighted by Crippen LogP contribution is -2.47. The summed E-state index contributed by atoms with van der Waals surface area (Å²) in [6.07, 6.45) is 65.2. The third-order valence-electron chi connectivity index (χ3n) is 11.3. The highest BCUT2D eigenvalue weighted by Crippen LogP contribution is 2.43. The Morgan fingerprint density at radius 1 is 0.536 bits per heavy atom. The number of likely N-dealkylation sites (N-methyl/N-ethyl adjacent to an activating group) is 1. The van der Waals surface area contributed by atoms with Crippen molar-refractivity contribution in [3.05, 3.63) is 109 Å². The molecule has 0 radical (unpaired) electrons. The summed E-state index contributed by atoms with van der Waals surface area (Å²) in [5.74, 6) is -0.579. The number of phosphoric acid groups is 1. The summed E-state index contributed by atoms with van der Waals surface area (Å²) in [7, 11) is 1.44. The van der Waals surface area contributed by atoms with Crippen LogP contribution in [0.4, 0.5) is 0 Å². The van der Waals surface area contributed by atoms with Crippen molar-refractivity contribution >= 4 is 19.7 Å². The number of nitrogens with one attached hydrogen (secondary N) is 1. The number of hydrogen-bond acceptors (Lipinski definition) is 6. The van der Waals surface area contributed by atoms with Crippen molar-refractivity contribution in [2.75, 3.05) is 40.9 Å². The van der Waals surface area contributed by atoms with Crippen molar-refractivity contribution in [1.29, 1.82) is 0 Å². The van der Waals surface area contributed by atoms with Gasteiger partial charge < -0.3 is 19.4 Å². The maximum atomic E-state index is 13.5. The van der Waals surface area contributed by atoms with Gasteiger partial charge in [-0.05, 0) is 96.0 Å². The van der Waals surface area contributed by atoms with Gasteiger partial charge in [0.05, 0.1) is 33.8 Å². The maximum absolute atomic E-state index is 13.5. The average Bonchev–Trinajstić information content (AvgIpc) is 3.31. The molecule has 0 bridgehead atoms. The Morgan fingerprint density at radius 2 is 1.00 bits per heavy atom. The number of esters is 1. The van der Waals surface area contributed by atoms with Crippen LogP contribution in [0.1, 0.15) is 201 Å². The first kappa shape index (κ1) is 65.7. The fraction of sp³-hybridized carbons (Fsp3) is 0.661. The van der Waals surface area contributed by atoms with E-state index in [1.165, 1.54) is 44.9 Å². The zero-order valence-electron chi connectivity index (χ0n) is 44.8. The summed E-state index contributed by atoms with van der Waals surface area (Å²) in [4.78, 5) is 37.5. The molecular formula is C59H102N2O7P+. The number of phosphoric ester groups is 1. The molecule has 0 saturated heterocycles. The van der Waals surface area contributed by atoms with Crippen LogP contribution in [0.2, 0.25) is 0 Å². The first-order chi connectivity index (χ1) is 33.4. The quantitative estimate of drug-likeness (QED) is 0.0156. The molecule has 3 unspecified atom stereocenters. The minimum atomic E-state index is -4.46. The molecule has 0 aliphatic heterocycles. The number of allylic oxidation sites excluding steroid dienone is 17. The molecule has 2 N–H and O–H groups in total. The van der Waals surface area contributed by atoms with E-state index in [2.05, 4.69) is 117 Å². The summed E-state index contributed by atoms with van der Waals surface area (Å²) in [6, 6.07) is -0.879. The van der Waals surface area contributed by atoms with Crippen LogP contribution in [0.15, 0.2) is 109 Å². The first-order valence-corrected chi connectivity index (χ1v) is 28.7. The number of carbonyl (C=O) groups excluding carboxylic acids is 2. The van der Waals surface area contributed by atoms with E-state index < -0.39 is 20.0 Å². The molecule has 0 aromatic carbocycles. The molecule has 10 heteroatoms. The van der Waals surface area contributed by atoms with Crippen LogP contribution in [0.25, 0.3) is 0 Å². The zero-order chi connectivity index (χ0) is 50.8. The van der Waals surface area contributed by atoms with E-state index in [4.69, 9.17) is 13.8 Å². The minimum Gasteiger partial charge on any atom is -0.456 e. The van der Waals surface area contributed by atoms with Gasteiger partial charge in [0.25, 0.3) is 0 Å². The highest BCUT2D eigenvalue weighted by atomic mass is 31.2. The van der Waals surface area contributed by atoms with Gasteiger partial charge in [0.2, 0.25) is 5.91 Å². The molecule has 1 amide bonds. The Labute approximate surface area is 423 Å². The number of carbonyl (C=O) groups is 2. The van der Waals surface area contributed by atoms with Gasteiger partial charge in [-0.1, -0.05) is 201 Å². The second-order valence-corrected chi connectivity index (χ2v) is 20.5. The van der Waals surface area contributed by atoms with Crippen LogP contribution in [0, 0.1) is 0 Å². The van der Waals surface area contributed by atoms with E-state index >= 15 is 0 Å². The SMILES string of the molecule is CC/C=C\C/C=C\C/C=C\C/C=C\C/C=C\CCCCCC(=O)NC(COP(=O)(O)OCC[N+](C)(C)C)C(/C=C\CCCCCCCCCCC)OC(=O)CCCCCCC\C=C/C=C/C=C/CC. The molecular weight excluding hydrogens is 880 g/mol. The lowest BCUT2D eigenvalue weighted by molar-refractivity contribution is -0.870. The molecule has 0 aromatic rings. The summed E-state index contributed by atoms with van der Waals surface area (Å²) < 4.78 is 30.5. The van der Waals surface area contributed by atoms with Crippen LogP contribution < -0.4 is 5.32 Å². The Morgan fingerprint density at radius 3 is 1.57 bits per heavy atom. The topological polar surface area (TPSA) is 111 Å². The molecule has 3 atom stereocenters. The molecule has 0 saturated carbocycles. The average molecular weight is 982 g/mol. The second kappa shape index (κ2) is 48.3. The molecule has 9 nitrogen and oxygen atoms in total. The van der Waals surface area contributed by atoms with Crippen LogP contribution in [0.3, 0.4) is 0 Å². The van der Waals surface area contributed by atoms with Gasteiger partial charge in [0.1, 0.15) is 19.3 Å². The smallest absolute Gasteiger partial charge is 0.456 e. The van der Waals surface area contributed by atoms with Crippen LogP contribution in [-0.2, 0) is 27.9 Å². The summed E-state index contributed by atoms with van der Waals surface area (Å²) in [6.45, 7) is 6.68. The first-order valence-electron chi connectivity index (χ1n) is 27.2. The van der Waals surface area contributed by atoms with Crippen LogP contribution >= 0.6 is 7.82 Å². The Hall–Kier alpha value is -3.33. The fourth-order valence-corrected chi connectivity index (χ4v) is 7.82. The van der Waals surface area contributed by atoms with E-state index in [-0.39, 0.29) is 37.9 Å². The Balaban J connectivity index is 5.44. The third-order valence-corrected chi connectivity index (χ3v) is 12.3. The van der Waals surface area contributed by atoms with Gasteiger partial charge in [-0.25, -0.2) is 4.57 Å². The predicted molar refractivity (Wildman–Crippen MR) is 295 cm³/mol. The van der Waals surface area contributed by atoms with Gasteiger partial charge in [-0.3, -0.25) is 18.6 Å². The van der Waals surface area contributed by atoms with Crippen LogP contribution in [0.5, 0.6) is 0 Å². The highest BCUT2D eigenvalue weighted by Gasteiger charge is 2.30. The lowest BCUT2D eigenvalue weighted by atomic mass is 10.1. The standard InChI is InChI=1S/C59H101N2O7P/c1-7-10-13-16-19-22-25-27-28-29-30-31-32-34-36-39-42-45-48-51-58(62)60-56(55-67-69(64,65)66-54-53-61(4,5)6)57(50-47-44-41-38-35-24-21-18-15-12-9-3)68-59(63)52-49-46-43-40-37-33-26-23-20-17-14-11-8-2/h10-11,13-14,17,19-20,22-23,26-28,30-31,34,36,47,50,56-57H,7-9,12,15-16,18,21,24-25,29,32-33,35,37-46,48-49,51-55H2,1-6H3,(H-,60,62,64,65)/p+1/b13-10-,14-11+,20-17+,22-19-,26-23-,28-27-,31-30-,36-34-,50-47-. The van der Waals surface area contributed by atoms with Crippen molar-refractivity contribution in [2.24, 2.45) is 0 Å². The molecule has 0 aliphatic rings. The van der Waals surface area contributed by atoms with Gasteiger partial charge in [0, 0.05) is 12.8 Å². The van der Waals surface area contributed by atoms with Crippen LogP contribution in [-0.4, -0.2) is 74.3 Å². The van der Waals surface area contributed by atoms with E-state index in [9.17, 15) is 19.0 Å². The molecule has 394 valence electrons. The highest BCUT2D eigenvalue weighted by molar-refractivity contribution is 7.47. The van der Waals surface area contributed by atoms with E-state index in [0.717, 1.165) is 109 Å². The molecule has 0 fully saturated rings. The Kier molecular flexibility index (Phi) is 46.0. The van der Waals surface area contributed by atoms with Crippen molar-refractivity contribution in [1.82, 2.24) is 5.32 Å². The molecule has 0 aliphatic carbocycles. The van der Waals surface area contributed by atoms with Crippen molar-refractivity contribution in [2.45, 2.75) is 213 Å². The third kappa shape index (κ3) is 49.4. The Bertz CT molecular complexity index is 1550. The number of quaternary nitrogens is 1. The monoisotopic (exact) mass is 982 g/mol. The number of nitrogens with zero attached hydrogens (tertiary/aromatic N) is 1. The van der Waals surface area contributed by atoms with Gasteiger partial charge in [-0.15, -0.1) is 0 Å². The molecule has 0 aromatic heterocycles. The van der Waals surface area contributed by atoms with E-state index in [1.54, 1.807) is 0 Å². The number of unbranched alkanes of at least 4 members (excludes halogenated alkanes) is 17. The number of amides is 1. The summed E-state index contributed by atoms with van der Waals surface area (Å²) >= 11 is 0. The predicted octanol–water partition coefficient (Wildman–Crippen LogP) is 16.2. The van der Waals surface area contributed by atoms with Crippen molar-refractivity contribution in [3.8, 4) is 0 Å². The van der Waals surface area contributed by atoms with Crippen molar-refractivity contribution in [3.63, 3.8) is 0 Å². The van der Waals surface area contributed by atoms with Crippen molar-refractivity contribution < 1.29 is 37.3 Å². The number of hydrogen-bond donors (Lipinski definition) is 2.